The third-order valence-corrected chi connectivity index (χ3v) is 6.24. The predicted octanol–water partition coefficient (Wildman–Crippen LogP) is 4.74. The zero-order chi connectivity index (χ0) is 25.5. The van der Waals surface area contributed by atoms with Crippen LogP contribution in [0.4, 0.5) is 23.2 Å². The van der Waals surface area contributed by atoms with Crippen LogP contribution in [0.1, 0.15) is 68.0 Å². The van der Waals surface area contributed by atoms with Gasteiger partial charge in [-0.3, -0.25) is 9.10 Å². The highest BCUT2D eigenvalue weighted by molar-refractivity contribution is 7.74. The van der Waals surface area contributed by atoms with Crippen molar-refractivity contribution >= 4 is 22.5 Å². The van der Waals surface area contributed by atoms with Crippen LogP contribution in [0, 0.1) is 5.82 Å². The van der Waals surface area contributed by atoms with Crippen molar-refractivity contribution in [3.05, 3.63) is 58.7 Å². The fourth-order valence-electron chi connectivity index (χ4n) is 3.41. The summed E-state index contributed by atoms with van der Waals surface area (Å²) >= 11 is 0. The third kappa shape index (κ3) is 7.41. The zero-order valence-corrected chi connectivity index (χ0v) is 20.2. The first-order chi connectivity index (χ1) is 16.0. The standard InChI is InChI=1S/C23H29F4N3O3S/c1-4-5-6-7-8-19-17(10-12-21(29-19)23(25,26)27)14-28-22(31)15(2)16-9-11-20(18(24)13-16)30(3)34(32)33/h9-13,15,34H,4-8,14H2,1-3H3,(H,28,31). The number of hydrogen-bond acceptors (Lipinski definition) is 4. The number of anilines is 1. The molecule has 188 valence electrons. The number of thiol groups is 1. The molecule has 2 aromatic rings. The first kappa shape index (κ1) is 27.6. The van der Waals surface area contributed by atoms with Crippen LogP contribution in [-0.4, -0.2) is 26.4 Å². The minimum atomic E-state index is -4.56. The van der Waals surface area contributed by atoms with Crippen LogP contribution < -0.4 is 9.62 Å². The highest BCUT2D eigenvalue weighted by atomic mass is 32.2. The van der Waals surface area contributed by atoms with Crippen molar-refractivity contribution in [2.45, 2.75) is 64.6 Å². The van der Waals surface area contributed by atoms with Gasteiger partial charge < -0.3 is 5.32 Å². The van der Waals surface area contributed by atoms with Crippen LogP contribution >= 0.6 is 0 Å². The van der Waals surface area contributed by atoms with Gasteiger partial charge in [0.05, 0.1) is 11.6 Å². The van der Waals surface area contributed by atoms with E-state index in [2.05, 4.69) is 10.3 Å². The van der Waals surface area contributed by atoms with Crippen molar-refractivity contribution in [1.82, 2.24) is 10.3 Å². The Balaban J connectivity index is 2.14. The smallest absolute Gasteiger partial charge is 0.351 e. The van der Waals surface area contributed by atoms with Crippen molar-refractivity contribution in [3.63, 3.8) is 0 Å². The number of nitrogens with one attached hydrogen (secondary N) is 1. The van der Waals surface area contributed by atoms with Gasteiger partial charge in [0, 0.05) is 19.3 Å². The number of carbonyl (C=O) groups is 1. The summed E-state index contributed by atoms with van der Waals surface area (Å²) < 4.78 is 76.6. The van der Waals surface area contributed by atoms with Crippen LogP contribution in [-0.2, 0) is 34.8 Å². The summed E-state index contributed by atoms with van der Waals surface area (Å²) in [6.07, 6.45) is -0.670. The lowest BCUT2D eigenvalue weighted by Gasteiger charge is -2.17. The van der Waals surface area contributed by atoms with E-state index in [1.165, 1.54) is 25.2 Å². The topological polar surface area (TPSA) is 79.4 Å². The Hall–Kier alpha value is -2.69. The molecule has 6 nitrogen and oxygen atoms in total. The fourth-order valence-corrected chi connectivity index (χ4v) is 3.75. The second kappa shape index (κ2) is 12.1. The van der Waals surface area contributed by atoms with Gasteiger partial charge in [-0.15, -0.1) is 0 Å². The van der Waals surface area contributed by atoms with E-state index in [0.29, 0.717) is 29.7 Å². The lowest BCUT2D eigenvalue weighted by Crippen LogP contribution is -2.28. The maximum Gasteiger partial charge on any atom is 0.433 e. The number of benzene rings is 1. The number of alkyl halides is 3. The Kier molecular flexibility index (Phi) is 9.84. The number of rotatable bonds is 11. The number of unbranched alkanes of at least 4 members (excludes halogenated alkanes) is 3. The molecule has 0 aliphatic heterocycles. The van der Waals surface area contributed by atoms with Gasteiger partial charge in [0.1, 0.15) is 11.5 Å². The van der Waals surface area contributed by atoms with Crippen molar-refractivity contribution in [2.24, 2.45) is 0 Å². The van der Waals surface area contributed by atoms with Crippen molar-refractivity contribution in [2.75, 3.05) is 11.4 Å². The fraction of sp³-hybridized carbons (Fsp3) is 0.478. The molecule has 1 aromatic carbocycles. The molecule has 0 radical (unpaired) electrons. The monoisotopic (exact) mass is 503 g/mol. The van der Waals surface area contributed by atoms with E-state index in [0.717, 1.165) is 35.7 Å². The summed E-state index contributed by atoms with van der Waals surface area (Å²) in [5, 5.41) is 2.68. The first-order valence-corrected chi connectivity index (χ1v) is 12.1. The maximum absolute atomic E-state index is 14.4. The molecule has 1 aromatic heterocycles. The van der Waals surface area contributed by atoms with Crippen LogP contribution in [0.15, 0.2) is 30.3 Å². The van der Waals surface area contributed by atoms with Crippen molar-refractivity contribution in [1.29, 1.82) is 0 Å². The van der Waals surface area contributed by atoms with E-state index < -0.39 is 40.4 Å². The molecule has 1 heterocycles. The quantitative estimate of drug-likeness (QED) is 0.264. The number of aryl methyl sites for hydroxylation is 1. The number of hydrogen-bond donors (Lipinski definition) is 2. The van der Waals surface area contributed by atoms with Gasteiger partial charge in [0.2, 0.25) is 16.8 Å². The lowest BCUT2D eigenvalue weighted by atomic mass is 9.99. The molecule has 0 aliphatic carbocycles. The molecule has 0 bridgehead atoms. The molecular weight excluding hydrogens is 474 g/mol. The molecule has 34 heavy (non-hydrogen) atoms. The maximum atomic E-state index is 14.4. The Morgan fingerprint density at radius 2 is 1.85 bits per heavy atom. The van der Waals surface area contributed by atoms with Gasteiger partial charge in [-0.05, 0) is 49.1 Å². The molecule has 0 aliphatic rings. The summed E-state index contributed by atoms with van der Waals surface area (Å²) in [6, 6.07) is 6.04. The largest absolute Gasteiger partial charge is 0.433 e. The summed E-state index contributed by atoms with van der Waals surface area (Å²) in [5.74, 6) is -2.02. The molecule has 1 unspecified atom stereocenters. The summed E-state index contributed by atoms with van der Waals surface area (Å²) in [6.45, 7) is 3.57. The summed E-state index contributed by atoms with van der Waals surface area (Å²) in [4.78, 5) is 16.4. The Bertz CT molecular complexity index is 1070. The zero-order valence-electron chi connectivity index (χ0n) is 19.3. The number of aromatic nitrogens is 1. The molecule has 0 saturated heterocycles. The SMILES string of the molecule is CCCCCCc1nc(C(F)(F)F)ccc1CNC(=O)C(C)c1ccc(N(C)[SH](=O)=O)c(F)c1. The van der Waals surface area contributed by atoms with E-state index >= 15 is 0 Å². The molecule has 0 fully saturated rings. The van der Waals surface area contributed by atoms with Gasteiger partial charge in [-0.25, -0.2) is 17.8 Å². The Morgan fingerprint density at radius 3 is 2.44 bits per heavy atom. The van der Waals surface area contributed by atoms with E-state index in [1.807, 2.05) is 6.92 Å². The lowest BCUT2D eigenvalue weighted by molar-refractivity contribution is -0.141. The molecule has 11 heteroatoms. The van der Waals surface area contributed by atoms with E-state index in [9.17, 15) is 30.8 Å². The molecule has 2 rings (SSSR count). The van der Waals surface area contributed by atoms with Crippen molar-refractivity contribution < 1.29 is 30.8 Å². The van der Waals surface area contributed by atoms with Crippen LogP contribution in [0.25, 0.3) is 0 Å². The van der Waals surface area contributed by atoms with Gasteiger partial charge in [0.25, 0.3) is 0 Å². The number of pyridine rings is 1. The van der Waals surface area contributed by atoms with Crippen LogP contribution in [0.5, 0.6) is 0 Å². The minimum Gasteiger partial charge on any atom is -0.351 e. The first-order valence-electron chi connectivity index (χ1n) is 11.0. The highest BCUT2D eigenvalue weighted by Gasteiger charge is 2.33. The second-order valence-electron chi connectivity index (χ2n) is 8.02. The average Bonchev–Trinajstić information content (AvgIpc) is 2.78. The van der Waals surface area contributed by atoms with E-state index in [-0.39, 0.29) is 12.2 Å². The molecule has 0 saturated carbocycles. The normalized spacial score (nSPS) is 12.6. The molecule has 1 N–H and O–H groups in total. The summed E-state index contributed by atoms with van der Waals surface area (Å²) in [5.41, 5.74) is 0.00732. The number of carbonyl (C=O) groups excluding carboxylic acids is 1. The van der Waals surface area contributed by atoms with Crippen molar-refractivity contribution in [3.8, 4) is 0 Å². The van der Waals surface area contributed by atoms with E-state index in [1.54, 1.807) is 6.92 Å². The Labute approximate surface area is 198 Å². The van der Waals surface area contributed by atoms with Gasteiger partial charge in [-0.2, -0.15) is 13.2 Å². The van der Waals surface area contributed by atoms with Gasteiger partial charge in [-0.1, -0.05) is 38.3 Å². The highest BCUT2D eigenvalue weighted by Crippen LogP contribution is 2.29. The molecular formula is C23H29F4N3O3S. The Morgan fingerprint density at radius 1 is 1.15 bits per heavy atom. The predicted molar refractivity (Wildman–Crippen MR) is 122 cm³/mol. The number of nitrogens with zero attached hydrogens (tertiary/aromatic N) is 2. The summed E-state index contributed by atoms with van der Waals surface area (Å²) in [7, 11) is -1.80. The molecule has 1 atom stereocenters. The number of amides is 1. The third-order valence-electron chi connectivity index (χ3n) is 5.54. The molecule has 1 amide bonds. The van der Waals surface area contributed by atoms with Gasteiger partial charge >= 0.3 is 6.18 Å². The van der Waals surface area contributed by atoms with Crippen LogP contribution in [0.3, 0.4) is 0 Å². The average molecular weight is 504 g/mol. The second-order valence-corrected chi connectivity index (χ2v) is 9.10. The molecule has 0 spiro atoms. The minimum absolute atomic E-state index is 0.0165. The van der Waals surface area contributed by atoms with E-state index in [4.69, 9.17) is 0 Å². The van der Waals surface area contributed by atoms with Crippen LogP contribution in [0.2, 0.25) is 0 Å². The number of halogens is 4. The van der Waals surface area contributed by atoms with Gasteiger partial charge in [0.15, 0.2) is 0 Å².